The predicted molar refractivity (Wildman–Crippen MR) is 72.7 cm³/mol. The molecule has 2 N–H and O–H groups in total. The van der Waals surface area contributed by atoms with Crippen molar-refractivity contribution in [3.8, 4) is 11.8 Å². The van der Waals surface area contributed by atoms with Gasteiger partial charge in [-0.05, 0) is 12.1 Å². The molecule has 0 spiro atoms. The lowest BCUT2D eigenvalue weighted by molar-refractivity contribution is 0.350. The minimum absolute atomic E-state index is 0.128. The Morgan fingerprint density at radius 3 is 3.11 bits per heavy atom. The van der Waals surface area contributed by atoms with Crippen molar-refractivity contribution in [3.05, 3.63) is 44.5 Å². The summed E-state index contributed by atoms with van der Waals surface area (Å²) in [6.07, 6.45) is 1.49. The van der Waals surface area contributed by atoms with Gasteiger partial charge in [-0.2, -0.15) is 0 Å². The first kappa shape index (κ1) is 12.9. The zero-order valence-electron chi connectivity index (χ0n) is 9.34. The lowest BCUT2D eigenvalue weighted by Gasteiger charge is -1.96. The summed E-state index contributed by atoms with van der Waals surface area (Å²) in [4.78, 5) is 19.9. The van der Waals surface area contributed by atoms with Crippen LogP contribution in [0.4, 0.5) is 0 Å². The molecule has 0 amide bonds. The summed E-state index contributed by atoms with van der Waals surface area (Å²) in [7, 11) is 0. The highest BCUT2D eigenvalue weighted by atomic mass is 32.2. The van der Waals surface area contributed by atoms with Gasteiger partial charge in [-0.3, -0.25) is 4.79 Å². The maximum Gasteiger partial charge on any atom is 0.251 e. The molecule has 0 fully saturated rings. The predicted octanol–water partition coefficient (Wildman–Crippen LogP) is 1.47. The third-order valence-corrected chi connectivity index (χ3v) is 4.07. The van der Waals surface area contributed by atoms with E-state index >= 15 is 0 Å². The highest BCUT2D eigenvalue weighted by Crippen LogP contribution is 2.23. The van der Waals surface area contributed by atoms with Crippen LogP contribution in [0.3, 0.4) is 0 Å². The normalized spacial score (nSPS) is 9.83. The van der Waals surface area contributed by atoms with Crippen molar-refractivity contribution >= 4 is 23.1 Å². The number of thioether (sulfide) groups is 1. The number of H-pyrrole nitrogens is 1. The zero-order chi connectivity index (χ0) is 12.8. The molecule has 18 heavy (non-hydrogen) atoms. The van der Waals surface area contributed by atoms with Crippen molar-refractivity contribution < 1.29 is 5.11 Å². The van der Waals surface area contributed by atoms with Gasteiger partial charge in [0.2, 0.25) is 0 Å². The fourth-order valence-corrected chi connectivity index (χ4v) is 2.99. The van der Waals surface area contributed by atoms with Crippen molar-refractivity contribution in [1.82, 2.24) is 9.97 Å². The summed E-state index contributed by atoms with van der Waals surface area (Å²) < 4.78 is 0. The number of rotatable bonds is 3. The molecule has 0 aliphatic heterocycles. The van der Waals surface area contributed by atoms with Crippen LogP contribution in [0, 0.1) is 11.8 Å². The molecule has 4 nitrogen and oxygen atoms in total. The fourth-order valence-electron chi connectivity index (χ4n) is 1.21. The van der Waals surface area contributed by atoms with Gasteiger partial charge in [0, 0.05) is 22.9 Å². The van der Waals surface area contributed by atoms with Crippen molar-refractivity contribution in [1.29, 1.82) is 0 Å². The number of aliphatic hydroxyl groups excluding tert-OH is 1. The Balaban J connectivity index is 1.98. The van der Waals surface area contributed by atoms with Crippen molar-refractivity contribution in [2.24, 2.45) is 0 Å². The summed E-state index contributed by atoms with van der Waals surface area (Å²) >= 11 is 3.04. The van der Waals surface area contributed by atoms with Gasteiger partial charge in [-0.25, -0.2) is 4.98 Å². The maximum absolute atomic E-state index is 11.1. The quantitative estimate of drug-likeness (QED) is 0.507. The fraction of sp³-hybridized carbons (Fsp3) is 0.167. The SMILES string of the molecule is O=c1ccnc(SCc2ccc(C#CCO)s2)[nH]1. The number of nitrogens with one attached hydrogen (secondary N) is 1. The second-order valence-corrected chi connectivity index (χ2v) is 5.39. The lowest BCUT2D eigenvalue weighted by atomic mass is 10.4. The molecule has 0 aliphatic rings. The largest absolute Gasteiger partial charge is 0.384 e. The summed E-state index contributed by atoms with van der Waals surface area (Å²) in [6.45, 7) is -0.128. The van der Waals surface area contributed by atoms with Gasteiger partial charge in [0.05, 0.1) is 4.88 Å². The third-order valence-electron chi connectivity index (χ3n) is 1.95. The number of aromatic amines is 1. The summed E-state index contributed by atoms with van der Waals surface area (Å²) in [5, 5.41) is 9.21. The molecule has 6 heteroatoms. The van der Waals surface area contributed by atoms with Gasteiger partial charge >= 0.3 is 0 Å². The van der Waals surface area contributed by atoms with Gasteiger partial charge in [0.15, 0.2) is 5.16 Å². The molecular formula is C12H10N2O2S2. The van der Waals surface area contributed by atoms with Gasteiger partial charge in [0.25, 0.3) is 5.56 Å². The van der Waals surface area contributed by atoms with Crippen LogP contribution >= 0.6 is 23.1 Å². The van der Waals surface area contributed by atoms with E-state index in [0.29, 0.717) is 5.16 Å². The van der Waals surface area contributed by atoms with Crippen LogP contribution in [0.25, 0.3) is 0 Å². The standard InChI is InChI=1S/C12H10N2O2S2/c15-7-1-2-9-3-4-10(18-9)8-17-12-13-6-5-11(16)14-12/h3-6,15H,7-8H2,(H,13,14,16). The van der Waals surface area contributed by atoms with Gasteiger partial charge in [-0.1, -0.05) is 23.6 Å². The highest BCUT2D eigenvalue weighted by Gasteiger charge is 2.01. The van der Waals surface area contributed by atoms with E-state index in [4.69, 9.17) is 5.11 Å². The van der Waals surface area contributed by atoms with E-state index in [1.54, 1.807) is 11.3 Å². The average Bonchev–Trinajstić information content (AvgIpc) is 2.82. The molecule has 0 bridgehead atoms. The van der Waals surface area contributed by atoms with Gasteiger partial charge < -0.3 is 10.1 Å². The van der Waals surface area contributed by atoms with E-state index in [-0.39, 0.29) is 12.2 Å². The van der Waals surface area contributed by atoms with Crippen LogP contribution < -0.4 is 5.56 Å². The van der Waals surface area contributed by atoms with Crippen molar-refractivity contribution in [2.75, 3.05) is 6.61 Å². The summed E-state index contributed by atoms with van der Waals surface area (Å²) in [5.41, 5.74) is -0.145. The van der Waals surface area contributed by atoms with E-state index in [9.17, 15) is 4.79 Å². The number of thiophene rings is 1. The Morgan fingerprint density at radius 2 is 2.33 bits per heavy atom. The Kier molecular flexibility index (Phi) is 4.59. The molecule has 2 heterocycles. The molecule has 2 aromatic rings. The first-order chi connectivity index (χ1) is 8.78. The van der Waals surface area contributed by atoms with Crippen LogP contribution in [0.1, 0.15) is 9.75 Å². The maximum atomic E-state index is 11.1. The van der Waals surface area contributed by atoms with Crippen LogP contribution in [-0.2, 0) is 5.75 Å². The molecule has 0 atom stereocenters. The van der Waals surface area contributed by atoms with Crippen LogP contribution in [0.2, 0.25) is 0 Å². The average molecular weight is 278 g/mol. The Labute approximate surface area is 112 Å². The number of hydrogen-bond donors (Lipinski definition) is 2. The summed E-state index contributed by atoms with van der Waals surface area (Å²) in [6, 6.07) is 5.29. The molecule has 0 saturated heterocycles. The second kappa shape index (κ2) is 6.40. The molecule has 0 unspecified atom stereocenters. The lowest BCUT2D eigenvalue weighted by Crippen LogP contribution is -2.05. The number of hydrogen-bond acceptors (Lipinski definition) is 5. The van der Waals surface area contributed by atoms with Crippen molar-refractivity contribution in [3.63, 3.8) is 0 Å². The Morgan fingerprint density at radius 1 is 1.44 bits per heavy atom. The van der Waals surface area contributed by atoms with E-state index in [0.717, 1.165) is 15.5 Å². The topological polar surface area (TPSA) is 66.0 Å². The second-order valence-electron chi connectivity index (χ2n) is 3.25. The van der Waals surface area contributed by atoms with E-state index < -0.39 is 0 Å². The first-order valence-electron chi connectivity index (χ1n) is 5.14. The molecular weight excluding hydrogens is 268 g/mol. The van der Waals surface area contributed by atoms with Crippen LogP contribution in [0.15, 0.2) is 34.3 Å². The van der Waals surface area contributed by atoms with Crippen LogP contribution in [-0.4, -0.2) is 21.7 Å². The Bertz CT molecular complexity index is 637. The molecule has 0 radical (unpaired) electrons. The molecule has 0 saturated carbocycles. The highest BCUT2D eigenvalue weighted by molar-refractivity contribution is 7.98. The molecule has 0 aliphatic carbocycles. The smallest absolute Gasteiger partial charge is 0.251 e. The minimum atomic E-state index is -0.145. The Hall–Kier alpha value is -1.55. The third kappa shape index (κ3) is 3.74. The summed E-state index contributed by atoms with van der Waals surface area (Å²) in [5.74, 6) is 6.20. The number of aromatic nitrogens is 2. The monoisotopic (exact) mass is 278 g/mol. The van der Waals surface area contributed by atoms with E-state index in [1.165, 1.54) is 24.0 Å². The number of aliphatic hydroxyl groups is 1. The first-order valence-corrected chi connectivity index (χ1v) is 6.95. The molecule has 0 aromatic carbocycles. The molecule has 92 valence electrons. The number of nitrogens with zero attached hydrogens (tertiary/aromatic N) is 1. The van der Waals surface area contributed by atoms with E-state index in [2.05, 4.69) is 21.8 Å². The molecule has 2 aromatic heterocycles. The van der Waals surface area contributed by atoms with Gasteiger partial charge in [0.1, 0.15) is 6.61 Å². The molecule has 2 rings (SSSR count). The minimum Gasteiger partial charge on any atom is -0.384 e. The zero-order valence-corrected chi connectivity index (χ0v) is 11.0. The van der Waals surface area contributed by atoms with E-state index in [1.807, 2.05) is 12.1 Å². The van der Waals surface area contributed by atoms with Crippen molar-refractivity contribution in [2.45, 2.75) is 10.9 Å². The van der Waals surface area contributed by atoms with Gasteiger partial charge in [-0.15, -0.1) is 11.3 Å². The van der Waals surface area contributed by atoms with Crippen LogP contribution in [0.5, 0.6) is 0 Å².